The first kappa shape index (κ1) is 22.0. The number of carbonyl (C=O) groups is 3. The van der Waals surface area contributed by atoms with Crippen LogP contribution in [-0.2, 0) is 9.59 Å². The highest BCUT2D eigenvalue weighted by molar-refractivity contribution is 6.09. The molecule has 7 nitrogen and oxygen atoms in total. The highest BCUT2D eigenvalue weighted by Gasteiger charge is 2.56. The van der Waals surface area contributed by atoms with Crippen LogP contribution in [0, 0.1) is 17.3 Å². The lowest BCUT2D eigenvalue weighted by atomic mass is 9.64. The van der Waals surface area contributed by atoms with E-state index in [9.17, 15) is 14.4 Å². The fourth-order valence-electron chi connectivity index (χ4n) is 5.21. The zero-order chi connectivity index (χ0) is 18.9. The third-order valence-corrected chi connectivity index (χ3v) is 5.91. The zero-order valence-electron chi connectivity index (χ0n) is 16.6. The van der Waals surface area contributed by atoms with Crippen LogP contribution >= 0.6 is 12.4 Å². The predicted molar refractivity (Wildman–Crippen MR) is 106 cm³/mol. The van der Waals surface area contributed by atoms with Crippen LogP contribution in [0.3, 0.4) is 0 Å². The van der Waals surface area contributed by atoms with Crippen LogP contribution in [0.4, 0.5) is 4.79 Å². The van der Waals surface area contributed by atoms with Crippen LogP contribution in [0.1, 0.15) is 52.9 Å². The Morgan fingerprint density at radius 2 is 2.04 bits per heavy atom. The van der Waals surface area contributed by atoms with Crippen molar-refractivity contribution >= 4 is 30.3 Å². The molecular formula is C19H33ClN4O3. The first-order chi connectivity index (χ1) is 12.2. The van der Waals surface area contributed by atoms with Crippen molar-refractivity contribution in [1.29, 1.82) is 0 Å². The van der Waals surface area contributed by atoms with E-state index in [1.54, 1.807) is 0 Å². The quantitative estimate of drug-likeness (QED) is 0.626. The number of rotatable bonds is 4. The van der Waals surface area contributed by atoms with E-state index in [0.29, 0.717) is 31.2 Å². The molecule has 0 aromatic carbocycles. The number of nitrogens with zero attached hydrogens (tertiary/aromatic N) is 1. The van der Waals surface area contributed by atoms with Gasteiger partial charge in [0, 0.05) is 6.54 Å². The molecule has 0 bridgehead atoms. The molecule has 3 aliphatic rings. The molecule has 2 heterocycles. The van der Waals surface area contributed by atoms with Gasteiger partial charge < -0.3 is 16.0 Å². The molecule has 3 atom stereocenters. The molecule has 2 saturated heterocycles. The van der Waals surface area contributed by atoms with E-state index < -0.39 is 11.6 Å². The van der Waals surface area contributed by atoms with Crippen molar-refractivity contribution in [3.63, 3.8) is 0 Å². The van der Waals surface area contributed by atoms with Gasteiger partial charge in [-0.05, 0) is 62.4 Å². The maximum Gasteiger partial charge on any atom is 0.325 e. The number of urea groups is 1. The van der Waals surface area contributed by atoms with Gasteiger partial charge in [0.1, 0.15) is 12.1 Å². The number of hydrogen-bond donors (Lipinski definition) is 3. The van der Waals surface area contributed by atoms with Crippen LogP contribution in [0.5, 0.6) is 0 Å². The maximum atomic E-state index is 13.0. The molecule has 8 heteroatoms. The summed E-state index contributed by atoms with van der Waals surface area (Å²) in [6.07, 6.45) is 4.51. The summed E-state index contributed by atoms with van der Waals surface area (Å²) in [4.78, 5) is 38.8. The van der Waals surface area contributed by atoms with Crippen molar-refractivity contribution in [2.75, 3.05) is 26.2 Å². The van der Waals surface area contributed by atoms with Crippen LogP contribution < -0.4 is 16.0 Å². The summed E-state index contributed by atoms with van der Waals surface area (Å²) < 4.78 is 0. The van der Waals surface area contributed by atoms with Crippen molar-refractivity contribution in [2.45, 2.75) is 58.4 Å². The minimum atomic E-state index is -0.841. The molecular weight excluding hydrogens is 368 g/mol. The van der Waals surface area contributed by atoms with Gasteiger partial charge in [0.05, 0.1) is 0 Å². The third kappa shape index (κ3) is 4.93. The van der Waals surface area contributed by atoms with Gasteiger partial charge in [-0.15, -0.1) is 12.4 Å². The molecule has 3 rings (SSSR count). The van der Waals surface area contributed by atoms with Gasteiger partial charge in [-0.3, -0.25) is 14.5 Å². The lowest BCUT2D eigenvalue weighted by molar-refractivity contribution is -0.137. The first-order valence-electron chi connectivity index (χ1n) is 9.82. The largest absolute Gasteiger partial charge is 0.354 e. The number of carbonyl (C=O) groups excluding carboxylic acids is 3. The molecule has 3 fully saturated rings. The van der Waals surface area contributed by atoms with Crippen molar-refractivity contribution in [1.82, 2.24) is 20.9 Å². The third-order valence-electron chi connectivity index (χ3n) is 5.91. The van der Waals surface area contributed by atoms with E-state index in [4.69, 9.17) is 0 Å². The van der Waals surface area contributed by atoms with Gasteiger partial charge in [-0.25, -0.2) is 4.79 Å². The fourth-order valence-corrected chi connectivity index (χ4v) is 5.21. The summed E-state index contributed by atoms with van der Waals surface area (Å²) in [5.41, 5.74) is -0.849. The molecule has 0 radical (unpaired) electrons. The number of halogens is 1. The van der Waals surface area contributed by atoms with E-state index >= 15 is 0 Å². The fraction of sp³-hybridized carbons (Fsp3) is 0.842. The molecule has 4 amide bonds. The molecule has 1 spiro atoms. The molecule has 0 aromatic heterocycles. The number of piperidine rings is 1. The van der Waals surface area contributed by atoms with Gasteiger partial charge in [0.2, 0.25) is 5.91 Å². The second-order valence-electron chi connectivity index (χ2n) is 9.27. The second kappa shape index (κ2) is 8.35. The normalized spacial score (nSPS) is 32.8. The SMILES string of the molecule is CC1CC(C)(C)CC2(C1)NC(=O)N(CC(=O)NCC1CCCNC1)C2=O.Cl. The van der Waals surface area contributed by atoms with E-state index in [1.165, 1.54) is 0 Å². The molecule has 3 unspecified atom stereocenters. The average molecular weight is 401 g/mol. The molecule has 154 valence electrons. The lowest BCUT2D eigenvalue weighted by Crippen LogP contribution is -2.54. The van der Waals surface area contributed by atoms with E-state index in [-0.39, 0.29) is 36.2 Å². The Hall–Kier alpha value is -1.34. The molecule has 1 aliphatic carbocycles. The number of nitrogens with one attached hydrogen (secondary N) is 3. The van der Waals surface area contributed by atoms with E-state index in [2.05, 4.69) is 36.7 Å². The summed E-state index contributed by atoms with van der Waals surface area (Å²) in [5.74, 6) is 0.272. The first-order valence-corrected chi connectivity index (χ1v) is 9.82. The molecule has 2 aliphatic heterocycles. The highest BCUT2D eigenvalue weighted by Crippen LogP contribution is 2.46. The monoisotopic (exact) mass is 400 g/mol. The topological polar surface area (TPSA) is 90.5 Å². The number of hydrogen-bond acceptors (Lipinski definition) is 4. The standard InChI is InChI=1S/C19H32N4O3.ClH/c1-13-7-18(2,3)12-19(8-13)16(25)23(17(26)22-19)11-15(24)21-10-14-5-4-6-20-9-14;/h13-14,20H,4-12H2,1-3H3,(H,21,24)(H,22,26);1H. The van der Waals surface area contributed by atoms with Gasteiger partial charge in [-0.1, -0.05) is 20.8 Å². The van der Waals surface area contributed by atoms with E-state index in [1.807, 2.05) is 0 Å². The van der Waals surface area contributed by atoms with Gasteiger partial charge in [0.25, 0.3) is 5.91 Å². The number of imide groups is 1. The minimum absolute atomic E-state index is 0. The Morgan fingerprint density at radius 1 is 1.30 bits per heavy atom. The van der Waals surface area contributed by atoms with Crippen molar-refractivity contribution in [3.8, 4) is 0 Å². The average Bonchev–Trinajstić information content (AvgIpc) is 2.75. The summed E-state index contributed by atoms with van der Waals surface area (Å²) in [6.45, 7) is 8.72. The Bertz CT molecular complexity index is 592. The van der Waals surface area contributed by atoms with E-state index in [0.717, 1.165) is 37.3 Å². The summed E-state index contributed by atoms with van der Waals surface area (Å²) >= 11 is 0. The Kier molecular flexibility index (Phi) is 6.79. The molecule has 0 aromatic rings. The molecule has 27 heavy (non-hydrogen) atoms. The van der Waals surface area contributed by atoms with Crippen LogP contribution in [0.25, 0.3) is 0 Å². The van der Waals surface area contributed by atoms with Gasteiger partial charge >= 0.3 is 6.03 Å². The summed E-state index contributed by atoms with van der Waals surface area (Å²) in [6, 6.07) is -0.436. The van der Waals surface area contributed by atoms with Crippen molar-refractivity contribution in [3.05, 3.63) is 0 Å². The summed E-state index contributed by atoms with van der Waals surface area (Å²) in [7, 11) is 0. The molecule has 1 saturated carbocycles. The highest BCUT2D eigenvalue weighted by atomic mass is 35.5. The smallest absolute Gasteiger partial charge is 0.325 e. The maximum absolute atomic E-state index is 13.0. The van der Waals surface area contributed by atoms with Gasteiger partial charge in [0.15, 0.2) is 0 Å². The van der Waals surface area contributed by atoms with Crippen LogP contribution in [0.2, 0.25) is 0 Å². The zero-order valence-corrected chi connectivity index (χ0v) is 17.4. The predicted octanol–water partition coefficient (Wildman–Crippen LogP) is 1.66. The van der Waals surface area contributed by atoms with Crippen LogP contribution in [-0.4, -0.2) is 54.5 Å². The lowest BCUT2D eigenvalue weighted by Gasteiger charge is -2.43. The minimum Gasteiger partial charge on any atom is -0.354 e. The Labute approximate surface area is 167 Å². The Balaban J connectivity index is 0.00000261. The summed E-state index contributed by atoms with van der Waals surface area (Å²) in [5, 5.41) is 9.11. The van der Waals surface area contributed by atoms with Crippen molar-refractivity contribution in [2.24, 2.45) is 17.3 Å². The Morgan fingerprint density at radius 3 is 2.67 bits per heavy atom. The van der Waals surface area contributed by atoms with Gasteiger partial charge in [-0.2, -0.15) is 0 Å². The van der Waals surface area contributed by atoms with Crippen LogP contribution in [0.15, 0.2) is 0 Å². The number of amides is 4. The second-order valence-corrected chi connectivity index (χ2v) is 9.27. The molecule has 3 N–H and O–H groups in total. The van der Waals surface area contributed by atoms with Crippen molar-refractivity contribution < 1.29 is 14.4 Å².